The Kier molecular flexibility index (Phi) is 6.88. The van der Waals surface area contributed by atoms with Gasteiger partial charge in [0, 0.05) is 44.0 Å². The molecule has 2 aromatic rings. The van der Waals surface area contributed by atoms with Gasteiger partial charge in [0.05, 0.1) is 23.3 Å². The van der Waals surface area contributed by atoms with Crippen molar-refractivity contribution in [1.82, 2.24) is 20.2 Å². The number of allylic oxidation sites excluding steroid dienone is 2. The van der Waals surface area contributed by atoms with E-state index < -0.39 is 5.54 Å². The molecule has 0 aromatic carbocycles. The molecule has 0 fully saturated rings. The standard InChI is InChI=1S/C26H36N6O/c1-4-5-10-26(2,17-33)31-22-14-24(27)30-21-13-20(15-29-25(21)22)19-6-7-23(32(3)16-19)18-8-11-28-12-9-18/h6-8,11,13-15,19,28,33H,4-5,9-10,12,16-17H2,1-3H3,(H3,27,30,31). The summed E-state index contributed by atoms with van der Waals surface area (Å²) in [5, 5.41) is 16.8. The second kappa shape index (κ2) is 9.83. The number of nitrogen functional groups attached to an aromatic ring is 1. The number of rotatable bonds is 7. The minimum absolute atomic E-state index is 0.0388. The number of aromatic nitrogens is 2. The number of aliphatic hydroxyl groups is 1. The van der Waals surface area contributed by atoms with Crippen LogP contribution in [-0.4, -0.2) is 52.3 Å². The van der Waals surface area contributed by atoms with Crippen LogP contribution in [0.25, 0.3) is 11.0 Å². The molecular weight excluding hydrogens is 412 g/mol. The molecule has 0 saturated carbocycles. The number of hydrogen-bond acceptors (Lipinski definition) is 7. The van der Waals surface area contributed by atoms with Crippen LogP contribution >= 0.6 is 0 Å². The van der Waals surface area contributed by atoms with Gasteiger partial charge >= 0.3 is 0 Å². The van der Waals surface area contributed by atoms with Crippen LogP contribution in [0.4, 0.5) is 11.5 Å². The fraction of sp³-hybridized carbons (Fsp3) is 0.462. The van der Waals surface area contributed by atoms with E-state index in [1.165, 1.54) is 11.3 Å². The van der Waals surface area contributed by atoms with E-state index in [2.05, 4.69) is 58.8 Å². The summed E-state index contributed by atoms with van der Waals surface area (Å²) in [7, 11) is 2.15. The van der Waals surface area contributed by atoms with Gasteiger partial charge in [-0.25, -0.2) is 4.98 Å². The first kappa shape index (κ1) is 23.1. The second-order valence-corrected chi connectivity index (χ2v) is 9.47. The summed E-state index contributed by atoms with van der Waals surface area (Å²) in [5.41, 5.74) is 11.9. The highest BCUT2D eigenvalue weighted by atomic mass is 16.3. The third-order valence-corrected chi connectivity index (χ3v) is 6.62. The molecule has 33 heavy (non-hydrogen) atoms. The molecule has 0 bridgehead atoms. The van der Waals surface area contributed by atoms with Crippen LogP contribution in [0.3, 0.4) is 0 Å². The molecule has 2 aliphatic rings. The van der Waals surface area contributed by atoms with Crippen molar-refractivity contribution in [3.8, 4) is 0 Å². The Balaban J connectivity index is 1.63. The van der Waals surface area contributed by atoms with Crippen LogP contribution < -0.4 is 16.4 Å². The molecule has 0 spiro atoms. The normalized spacial score (nSPS) is 22.3. The summed E-state index contributed by atoms with van der Waals surface area (Å²) in [6.07, 6.45) is 14.6. The minimum Gasteiger partial charge on any atom is -0.394 e. The molecule has 0 aliphatic carbocycles. The first-order valence-corrected chi connectivity index (χ1v) is 11.9. The first-order valence-electron chi connectivity index (χ1n) is 11.9. The van der Waals surface area contributed by atoms with Crippen molar-refractivity contribution in [3.05, 3.63) is 59.6 Å². The van der Waals surface area contributed by atoms with Gasteiger partial charge in [0.25, 0.3) is 0 Å². The van der Waals surface area contributed by atoms with Gasteiger partial charge < -0.3 is 26.4 Å². The molecule has 0 radical (unpaired) electrons. The molecule has 0 saturated heterocycles. The van der Waals surface area contributed by atoms with Crippen molar-refractivity contribution < 1.29 is 5.11 Å². The summed E-state index contributed by atoms with van der Waals surface area (Å²) in [6, 6.07) is 3.91. The topological polar surface area (TPSA) is 99.3 Å². The van der Waals surface area contributed by atoms with Crippen LogP contribution in [0.1, 0.15) is 51.0 Å². The van der Waals surface area contributed by atoms with Crippen LogP contribution in [0.2, 0.25) is 0 Å². The van der Waals surface area contributed by atoms with Gasteiger partial charge in [0.2, 0.25) is 0 Å². The molecule has 7 nitrogen and oxygen atoms in total. The Morgan fingerprint density at radius 2 is 2.18 bits per heavy atom. The summed E-state index contributed by atoms with van der Waals surface area (Å²) in [6.45, 7) is 6.09. The van der Waals surface area contributed by atoms with Gasteiger partial charge in [-0.3, -0.25) is 4.98 Å². The number of hydrogen-bond donors (Lipinski definition) is 4. The van der Waals surface area contributed by atoms with E-state index in [0.717, 1.165) is 61.1 Å². The molecule has 2 unspecified atom stereocenters. The lowest BCUT2D eigenvalue weighted by Crippen LogP contribution is -2.38. The number of pyridine rings is 2. The highest BCUT2D eigenvalue weighted by Gasteiger charge is 2.25. The molecular formula is C26H36N6O. The zero-order valence-corrected chi connectivity index (χ0v) is 19.9. The van der Waals surface area contributed by atoms with E-state index in [4.69, 9.17) is 10.7 Å². The average molecular weight is 449 g/mol. The Hall–Kier alpha value is -3.06. The van der Waals surface area contributed by atoms with Crippen LogP contribution in [0.5, 0.6) is 0 Å². The quantitative estimate of drug-likeness (QED) is 0.510. The average Bonchev–Trinajstić information content (AvgIpc) is 2.82. The van der Waals surface area contributed by atoms with E-state index in [9.17, 15) is 5.11 Å². The maximum Gasteiger partial charge on any atom is 0.126 e. The molecule has 2 atom stereocenters. The minimum atomic E-state index is -0.432. The molecule has 0 amide bonds. The SMILES string of the molecule is CCCCC(C)(CO)Nc1cc(N)nc2cc(C3C=CC(=C4C=CNCC4)N(C)C3)cnc12. The second-order valence-electron chi connectivity index (χ2n) is 9.47. The molecule has 4 heterocycles. The van der Waals surface area contributed by atoms with Gasteiger partial charge in [-0.1, -0.05) is 25.8 Å². The monoisotopic (exact) mass is 448 g/mol. The van der Waals surface area contributed by atoms with Crippen molar-refractivity contribution in [2.24, 2.45) is 0 Å². The van der Waals surface area contributed by atoms with E-state index in [-0.39, 0.29) is 12.5 Å². The summed E-state index contributed by atoms with van der Waals surface area (Å²) in [5.74, 6) is 0.676. The molecule has 5 N–H and O–H groups in total. The number of fused-ring (bicyclic) bond motifs is 1. The van der Waals surface area contributed by atoms with Crippen molar-refractivity contribution in [2.75, 3.05) is 37.8 Å². The lowest BCUT2D eigenvalue weighted by molar-refractivity contribution is 0.212. The maximum absolute atomic E-state index is 10.0. The summed E-state index contributed by atoms with van der Waals surface area (Å²) in [4.78, 5) is 11.7. The van der Waals surface area contributed by atoms with Gasteiger partial charge in [-0.15, -0.1) is 0 Å². The number of aliphatic hydroxyl groups excluding tert-OH is 1. The zero-order valence-electron chi connectivity index (χ0n) is 19.9. The molecule has 4 rings (SSSR count). The van der Waals surface area contributed by atoms with Crippen molar-refractivity contribution in [3.63, 3.8) is 0 Å². The Labute approximate surface area is 196 Å². The number of nitrogens with zero attached hydrogens (tertiary/aromatic N) is 3. The van der Waals surface area contributed by atoms with Gasteiger partial charge in [-0.05, 0) is 55.3 Å². The fourth-order valence-electron chi connectivity index (χ4n) is 4.62. The van der Waals surface area contributed by atoms with Crippen molar-refractivity contribution in [1.29, 1.82) is 0 Å². The number of unbranched alkanes of at least 4 members (excludes halogenated alkanes) is 1. The Bertz CT molecular complexity index is 1090. The lowest BCUT2D eigenvalue weighted by atomic mass is 9.93. The predicted molar refractivity (Wildman–Crippen MR) is 136 cm³/mol. The highest BCUT2D eigenvalue weighted by molar-refractivity contribution is 5.90. The van der Waals surface area contributed by atoms with E-state index >= 15 is 0 Å². The van der Waals surface area contributed by atoms with E-state index in [0.29, 0.717) is 5.82 Å². The first-order chi connectivity index (χ1) is 15.9. The van der Waals surface area contributed by atoms with Gasteiger partial charge in [0.1, 0.15) is 11.3 Å². The smallest absolute Gasteiger partial charge is 0.126 e. The largest absolute Gasteiger partial charge is 0.394 e. The maximum atomic E-state index is 10.0. The Morgan fingerprint density at radius 3 is 2.88 bits per heavy atom. The molecule has 2 aliphatic heterocycles. The van der Waals surface area contributed by atoms with Gasteiger partial charge in [-0.2, -0.15) is 0 Å². The third kappa shape index (κ3) is 5.14. The summed E-state index contributed by atoms with van der Waals surface area (Å²) >= 11 is 0. The van der Waals surface area contributed by atoms with Crippen molar-refractivity contribution >= 4 is 22.5 Å². The van der Waals surface area contributed by atoms with Crippen molar-refractivity contribution in [2.45, 2.75) is 51.0 Å². The zero-order chi connectivity index (χ0) is 23.4. The Morgan fingerprint density at radius 1 is 1.33 bits per heavy atom. The van der Waals surface area contributed by atoms with Gasteiger partial charge in [0.15, 0.2) is 0 Å². The lowest BCUT2D eigenvalue weighted by Gasteiger charge is -2.32. The number of nitrogens with two attached hydrogens (primary N) is 1. The molecule has 176 valence electrons. The predicted octanol–water partition coefficient (Wildman–Crippen LogP) is 3.91. The fourth-order valence-corrected chi connectivity index (χ4v) is 4.62. The van der Waals surface area contributed by atoms with Crippen LogP contribution in [-0.2, 0) is 0 Å². The van der Waals surface area contributed by atoms with E-state index in [1.54, 1.807) is 0 Å². The van der Waals surface area contributed by atoms with E-state index in [1.807, 2.05) is 25.4 Å². The molecule has 2 aromatic heterocycles. The number of anilines is 2. The number of nitrogens with one attached hydrogen (secondary N) is 2. The van der Waals surface area contributed by atoms with Crippen LogP contribution in [0, 0.1) is 0 Å². The van der Waals surface area contributed by atoms with Crippen LogP contribution in [0.15, 0.2) is 54.0 Å². The highest BCUT2D eigenvalue weighted by Crippen LogP contribution is 2.32. The molecule has 7 heteroatoms. The number of likely N-dealkylation sites (N-methyl/N-ethyl adjacent to an activating group) is 1. The summed E-state index contributed by atoms with van der Waals surface area (Å²) < 4.78 is 0. The third-order valence-electron chi connectivity index (χ3n) is 6.62.